The minimum atomic E-state index is -3.17. The van der Waals surface area contributed by atoms with E-state index in [9.17, 15) is 13.2 Å². The molecule has 4 rings (SSSR count). The molecule has 0 aromatic carbocycles. The zero-order chi connectivity index (χ0) is 18.4. The van der Waals surface area contributed by atoms with E-state index < -0.39 is 22.0 Å². The largest absolute Gasteiger partial charge is 0.378 e. The molecule has 0 radical (unpaired) electrons. The van der Waals surface area contributed by atoms with E-state index in [1.54, 1.807) is 0 Å². The molecule has 3 aliphatic rings. The fourth-order valence-corrected chi connectivity index (χ4v) is 7.18. The first-order valence-electron chi connectivity index (χ1n) is 8.94. The number of amides is 1. The van der Waals surface area contributed by atoms with E-state index in [4.69, 9.17) is 9.47 Å². The Labute approximate surface area is 157 Å². The van der Waals surface area contributed by atoms with E-state index in [0.29, 0.717) is 11.5 Å². The lowest BCUT2D eigenvalue weighted by molar-refractivity contribution is -0.0792. The number of hydrogen-bond donors (Lipinski definition) is 2. The monoisotopic (exact) mass is 400 g/mol. The van der Waals surface area contributed by atoms with Gasteiger partial charge >= 0.3 is 0 Å². The molecule has 1 spiro atoms. The van der Waals surface area contributed by atoms with E-state index in [0.717, 1.165) is 37.9 Å². The highest BCUT2D eigenvalue weighted by Gasteiger charge is 2.42. The average molecular weight is 401 g/mol. The summed E-state index contributed by atoms with van der Waals surface area (Å²) in [5.74, 6) is -0.335. The van der Waals surface area contributed by atoms with Crippen LogP contribution in [-0.4, -0.2) is 64.8 Å². The molecule has 26 heavy (non-hydrogen) atoms. The van der Waals surface area contributed by atoms with E-state index in [1.807, 2.05) is 6.07 Å². The number of nitrogens with one attached hydrogen (secondary N) is 2. The Morgan fingerprint density at radius 3 is 2.88 bits per heavy atom. The van der Waals surface area contributed by atoms with E-state index in [1.165, 1.54) is 23.3 Å². The highest BCUT2D eigenvalue weighted by Crippen LogP contribution is 2.43. The van der Waals surface area contributed by atoms with Crippen LogP contribution in [0.4, 0.5) is 0 Å². The molecule has 1 aromatic rings. The van der Waals surface area contributed by atoms with Crippen LogP contribution in [0.3, 0.4) is 0 Å². The van der Waals surface area contributed by atoms with Crippen LogP contribution in [0.25, 0.3) is 0 Å². The summed E-state index contributed by atoms with van der Waals surface area (Å²) >= 11 is 1.50. The molecule has 2 saturated heterocycles. The number of rotatable bonds is 3. The van der Waals surface area contributed by atoms with Crippen LogP contribution in [0, 0.1) is 0 Å². The fraction of sp³-hybridized carbons (Fsp3) is 0.706. The molecule has 0 bridgehead atoms. The van der Waals surface area contributed by atoms with Crippen LogP contribution in [0.1, 0.15) is 33.0 Å². The average Bonchev–Trinajstić information content (AvgIpc) is 3.17. The van der Waals surface area contributed by atoms with Crippen molar-refractivity contribution < 1.29 is 22.7 Å². The second kappa shape index (κ2) is 6.87. The Balaban J connectivity index is 1.55. The van der Waals surface area contributed by atoms with Gasteiger partial charge in [0.15, 0.2) is 9.84 Å². The van der Waals surface area contributed by atoms with Gasteiger partial charge in [0, 0.05) is 18.4 Å². The van der Waals surface area contributed by atoms with Gasteiger partial charge in [0.05, 0.1) is 40.7 Å². The van der Waals surface area contributed by atoms with Gasteiger partial charge in [0.1, 0.15) is 0 Å². The Kier molecular flexibility index (Phi) is 4.85. The van der Waals surface area contributed by atoms with Crippen LogP contribution in [0.5, 0.6) is 0 Å². The lowest BCUT2D eigenvalue weighted by atomic mass is 9.83. The Hall–Kier alpha value is -1.00. The lowest BCUT2D eigenvalue weighted by Gasteiger charge is -2.40. The van der Waals surface area contributed by atoms with Crippen LogP contribution in [0.15, 0.2) is 6.07 Å². The van der Waals surface area contributed by atoms with Gasteiger partial charge < -0.3 is 20.1 Å². The fourth-order valence-electron chi connectivity index (χ4n) is 4.19. The predicted octanol–water partition coefficient (Wildman–Crippen LogP) is 0.441. The zero-order valence-electron chi connectivity index (χ0n) is 14.7. The quantitative estimate of drug-likeness (QED) is 0.765. The molecule has 0 unspecified atom stereocenters. The van der Waals surface area contributed by atoms with Crippen LogP contribution >= 0.6 is 11.3 Å². The summed E-state index contributed by atoms with van der Waals surface area (Å²) in [4.78, 5) is 14.6. The summed E-state index contributed by atoms with van der Waals surface area (Å²) in [6.45, 7) is 2.50. The number of methoxy groups -OCH3 is 1. The van der Waals surface area contributed by atoms with Gasteiger partial charge in [-0.2, -0.15) is 0 Å². The molecule has 4 heterocycles. The number of ether oxygens (including phenoxy) is 2. The van der Waals surface area contributed by atoms with E-state index in [-0.39, 0.29) is 23.0 Å². The molecule has 144 valence electrons. The third-order valence-electron chi connectivity index (χ3n) is 5.56. The molecular formula is C17H24N2O5S2. The van der Waals surface area contributed by atoms with Gasteiger partial charge in [-0.05, 0) is 37.6 Å². The van der Waals surface area contributed by atoms with Crippen molar-refractivity contribution in [2.24, 2.45) is 0 Å². The molecule has 3 aliphatic heterocycles. The van der Waals surface area contributed by atoms with Crippen molar-refractivity contribution in [2.45, 2.75) is 37.0 Å². The highest BCUT2D eigenvalue weighted by atomic mass is 32.2. The van der Waals surface area contributed by atoms with Gasteiger partial charge in [0.2, 0.25) is 0 Å². The number of hydrogen-bond acceptors (Lipinski definition) is 7. The SMILES string of the molecule is CO[C@@H]1CS(=O)(=O)C[C@H]1NC(=O)c1cc2c(s1)CCOC21CCNCC1. The minimum Gasteiger partial charge on any atom is -0.378 e. The van der Waals surface area contributed by atoms with Crippen molar-refractivity contribution in [3.63, 3.8) is 0 Å². The maximum Gasteiger partial charge on any atom is 0.261 e. The molecule has 0 aliphatic carbocycles. The molecule has 2 fully saturated rings. The lowest BCUT2D eigenvalue weighted by Crippen LogP contribution is -2.44. The van der Waals surface area contributed by atoms with Crippen LogP contribution in [-0.2, 0) is 31.3 Å². The van der Waals surface area contributed by atoms with Gasteiger partial charge in [-0.1, -0.05) is 0 Å². The molecule has 2 atom stereocenters. The maximum absolute atomic E-state index is 12.8. The van der Waals surface area contributed by atoms with Crippen molar-refractivity contribution >= 4 is 27.1 Å². The molecule has 1 amide bonds. The first-order valence-corrected chi connectivity index (χ1v) is 11.6. The van der Waals surface area contributed by atoms with Gasteiger partial charge in [0.25, 0.3) is 5.91 Å². The number of carbonyl (C=O) groups is 1. The van der Waals surface area contributed by atoms with Crippen LogP contribution in [0.2, 0.25) is 0 Å². The Bertz CT molecular complexity index is 798. The molecule has 9 heteroatoms. The Morgan fingerprint density at radius 1 is 1.38 bits per heavy atom. The first-order chi connectivity index (χ1) is 12.4. The van der Waals surface area contributed by atoms with E-state index in [2.05, 4.69) is 10.6 Å². The number of sulfone groups is 1. The topological polar surface area (TPSA) is 93.7 Å². The second-order valence-electron chi connectivity index (χ2n) is 7.22. The summed E-state index contributed by atoms with van der Waals surface area (Å²) in [7, 11) is -1.69. The summed E-state index contributed by atoms with van der Waals surface area (Å²) in [6, 6.07) is 1.45. The van der Waals surface area contributed by atoms with Crippen molar-refractivity contribution in [3.05, 3.63) is 21.4 Å². The molecule has 0 saturated carbocycles. The van der Waals surface area contributed by atoms with Crippen LogP contribution < -0.4 is 10.6 Å². The molecule has 1 aromatic heterocycles. The number of piperidine rings is 1. The number of thiophene rings is 1. The van der Waals surface area contributed by atoms with Crippen molar-refractivity contribution in [2.75, 3.05) is 38.3 Å². The maximum atomic E-state index is 12.8. The highest BCUT2D eigenvalue weighted by molar-refractivity contribution is 7.91. The zero-order valence-corrected chi connectivity index (χ0v) is 16.4. The second-order valence-corrected chi connectivity index (χ2v) is 10.5. The summed E-state index contributed by atoms with van der Waals surface area (Å²) in [6.07, 6.45) is 2.15. The Morgan fingerprint density at radius 2 is 2.15 bits per heavy atom. The molecule has 7 nitrogen and oxygen atoms in total. The third-order valence-corrected chi connectivity index (χ3v) is 8.46. The predicted molar refractivity (Wildman–Crippen MR) is 98.5 cm³/mol. The summed E-state index contributed by atoms with van der Waals surface area (Å²) in [5, 5.41) is 6.22. The van der Waals surface area contributed by atoms with Crippen molar-refractivity contribution in [1.29, 1.82) is 0 Å². The number of fused-ring (bicyclic) bond motifs is 2. The standard InChI is InChI=1S/C17H24N2O5S2/c1-23-13-10-26(21,22)9-12(13)19-16(20)15-8-11-14(25-15)2-7-24-17(11)3-5-18-6-4-17/h8,12-13,18H,2-7,9-10H2,1H3,(H,19,20)/t12-,13-/m1/s1. The smallest absolute Gasteiger partial charge is 0.261 e. The van der Waals surface area contributed by atoms with E-state index >= 15 is 0 Å². The first kappa shape index (κ1) is 18.4. The minimum absolute atomic E-state index is 0.0423. The molecule has 2 N–H and O–H groups in total. The van der Waals surface area contributed by atoms with Crippen molar-refractivity contribution in [3.8, 4) is 0 Å². The van der Waals surface area contributed by atoms with Gasteiger partial charge in [-0.25, -0.2) is 8.42 Å². The molecular weight excluding hydrogens is 376 g/mol. The van der Waals surface area contributed by atoms with Gasteiger partial charge in [-0.15, -0.1) is 11.3 Å². The normalized spacial score (nSPS) is 29.4. The number of carbonyl (C=O) groups excluding carboxylic acids is 1. The summed E-state index contributed by atoms with van der Waals surface area (Å²) < 4.78 is 35.1. The van der Waals surface area contributed by atoms with Gasteiger partial charge in [-0.3, -0.25) is 4.79 Å². The summed E-state index contributed by atoms with van der Waals surface area (Å²) in [5.41, 5.74) is 0.863. The third kappa shape index (κ3) is 3.31. The van der Waals surface area contributed by atoms with Crippen molar-refractivity contribution in [1.82, 2.24) is 10.6 Å².